The highest BCUT2D eigenvalue weighted by molar-refractivity contribution is 5.89. The maximum Gasteiger partial charge on any atom is 0.416 e. The van der Waals surface area contributed by atoms with Crippen LogP contribution >= 0.6 is 0 Å². The second kappa shape index (κ2) is 9.76. The molecular weight excluding hydrogens is 477 g/mol. The number of likely N-dealkylation sites (tertiary alicyclic amines) is 1. The van der Waals surface area contributed by atoms with Crippen molar-refractivity contribution in [3.8, 4) is 5.75 Å². The van der Waals surface area contributed by atoms with E-state index in [4.69, 9.17) is 4.74 Å². The highest BCUT2D eigenvalue weighted by Crippen LogP contribution is 2.34. The number of aromatic nitrogens is 3. The van der Waals surface area contributed by atoms with Crippen molar-refractivity contribution in [1.29, 1.82) is 0 Å². The first-order valence-electron chi connectivity index (χ1n) is 11.4. The summed E-state index contributed by atoms with van der Waals surface area (Å²) in [5.41, 5.74) is -0.551. The summed E-state index contributed by atoms with van der Waals surface area (Å²) in [6.45, 7) is 4.46. The average Bonchev–Trinajstić information content (AvgIpc) is 3.21. The Morgan fingerprint density at radius 2 is 1.94 bits per heavy atom. The number of carbonyl (C=O) groups is 1. The Morgan fingerprint density at radius 1 is 1.19 bits per heavy atom. The molecule has 0 radical (unpaired) electrons. The van der Waals surface area contributed by atoms with Gasteiger partial charge in [-0.2, -0.15) is 13.2 Å². The molecule has 192 valence electrons. The third-order valence-corrected chi connectivity index (χ3v) is 6.07. The van der Waals surface area contributed by atoms with Gasteiger partial charge in [-0.3, -0.25) is 14.2 Å². The Morgan fingerprint density at radius 3 is 2.58 bits per heavy atom. The number of likely N-dealkylation sites (N-methyl/N-ethyl adjacent to an activating group) is 1. The van der Waals surface area contributed by atoms with E-state index in [9.17, 15) is 22.8 Å². The summed E-state index contributed by atoms with van der Waals surface area (Å²) in [4.78, 5) is 34.9. The Hall–Kier alpha value is -3.67. The van der Waals surface area contributed by atoms with E-state index in [1.165, 1.54) is 23.9 Å². The van der Waals surface area contributed by atoms with Gasteiger partial charge in [0.15, 0.2) is 5.75 Å². The van der Waals surface area contributed by atoms with Gasteiger partial charge in [0.05, 0.1) is 17.0 Å². The molecule has 4 rings (SSSR count). The van der Waals surface area contributed by atoms with Gasteiger partial charge >= 0.3 is 6.18 Å². The number of alkyl halides is 3. The average molecular weight is 505 g/mol. The molecule has 12 heteroatoms. The van der Waals surface area contributed by atoms with Crippen LogP contribution in [0.1, 0.15) is 37.4 Å². The van der Waals surface area contributed by atoms with Crippen molar-refractivity contribution >= 4 is 28.4 Å². The van der Waals surface area contributed by atoms with Gasteiger partial charge < -0.3 is 20.3 Å². The lowest BCUT2D eigenvalue weighted by atomic mass is 10.0. The number of aryl methyl sites for hydroxylation is 1. The normalized spacial score (nSPS) is 17.2. The van der Waals surface area contributed by atoms with Gasteiger partial charge in [0, 0.05) is 38.8 Å². The molecule has 1 aliphatic heterocycles. The van der Waals surface area contributed by atoms with E-state index in [1.807, 2.05) is 7.05 Å². The van der Waals surface area contributed by atoms with Crippen molar-refractivity contribution in [3.63, 3.8) is 0 Å². The van der Waals surface area contributed by atoms with Gasteiger partial charge in [-0.1, -0.05) is 0 Å². The number of hydrogen-bond donors (Lipinski definition) is 2. The molecule has 0 saturated carbocycles. The van der Waals surface area contributed by atoms with Crippen LogP contribution in [-0.2, 0) is 18.0 Å². The SMILES string of the molecule is CC(=O)Nc1cc([C@@H](C)Nc2ncnc3c2cc(O[C@@H]2CCN(C)C2)c(=O)n3C)cc(C(F)(F)F)c1. The zero-order chi connectivity index (χ0) is 26.2. The maximum atomic E-state index is 13.5. The monoisotopic (exact) mass is 504 g/mol. The Balaban J connectivity index is 1.70. The van der Waals surface area contributed by atoms with Crippen LogP contribution in [-0.4, -0.2) is 51.6 Å². The van der Waals surface area contributed by atoms with Crippen molar-refractivity contribution < 1.29 is 22.7 Å². The summed E-state index contributed by atoms with van der Waals surface area (Å²) >= 11 is 0. The number of hydrogen-bond acceptors (Lipinski definition) is 7. The predicted octanol–water partition coefficient (Wildman–Crippen LogP) is 3.56. The molecule has 0 spiro atoms. The Labute approximate surface area is 205 Å². The van der Waals surface area contributed by atoms with Crippen LogP contribution in [0.25, 0.3) is 11.0 Å². The largest absolute Gasteiger partial charge is 0.483 e. The quantitative estimate of drug-likeness (QED) is 0.529. The molecular formula is C24H27F3N6O3. The van der Waals surface area contributed by atoms with Crippen LogP contribution in [0.5, 0.6) is 5.75 Å². The Bertz CT molecular complexity index is 1360. The molecule has 3 heterocycles. The lowest BCUT2D eigenvalue weighted by Crippen LogP contribution is -2.27. The number of benzene rings is 1. The van der Waals surface area contributed by atoms with Crippen molar-refractivity contribution in [3.05, 3.63) is 52.1 Å². The molecule has 1 aromatic carbocycles. The molecule has 0 aliphatic carbocycles. The first-order valence-corrected chi connectivity index (χ1v) is 11.4. The van der Waals surface area contributed by atoms with E-state index >= 15 is 0 Å². The zero-order valence-corrected chi connectivity index (χ0v) is 20.3. The lowest BCUT2D eigenvalue weighted by molar-refractivity contribution is -0.137. The van der Waals surface area contributed by atoms with Gasteiger partial charge in [-0.25, -0.2) is 9.97 Å². The molecule has 1 amide bonds. The first kappa shape index (κ1) is 25.4. The fourth-order valence-electron chi connectivity index (χ4n) is 4.24. The molecule has 1 fully saturated rings. The zero-order valence-electron chi connectivity index (χ0n) is 20.3. The van der Waals surface area contributed by atoms with Crippen molar-refractivity contribution in [2.24, 2.45) is 7.05 Å². The fourth-order valence-corrected chi connectivity index (χ4v) is 4.24. The topological polar surface area (TPSA) is 101 Å². The van der Waals surface area contributed by atoms with Crippen molar-refractivity contribution in [2.75, 3.05) is 30.8 Å². The fraction of sp³-hybridized carbons (Fsp3) is 0.417. The van der Waals surface area contributed by atoms with Crippen molar-refractivity contribution in [1.82, 2.24) is 19.4 Å². The molecule has 1 aliphatic rings. The second-order valence-corrected chi connectivity index (χ2v) is 9.01. The van der Waals surface area contributed by atoms with Gasteiger partial charge in [0.1, 0.15) is 23.9 Å². The summed E-state index contributed by atoms with van der Waals surface area (Å²) in [6.07, 6.45) is -2.66. The molecule has 1 saturated heterocycles. The number of halogens is 3. The van der Waals surface area contributed by atoms with E-state index in [0.29, 0.717) is 23.4 Å². The predicted molar refractivity (Wildman–Crippen MR) is 129 cm³/mol. The number of anilines is 2. The van der Waals surface area contributed by atoms with E-state index in [2.05, 4.69) is 25.5 Å². The van der Waals surface area contributed by atoms with E-state index in [-0.39, 0.29) is 28.7 Å². The van der Waals surface area contributed by atoms with Crippen LogP contribution in [0.15, 0.2) is 35.4 Å². The van der Waals surface area contributed by atoms with Crippen LogP contribution in [0.2, 0.25) is 0 Å². The van der Waals surface area contributed by atoms with Gasteiger partial charge in [0.25, 0.3) is 5.56 Å². The molecule has 0 bridgehead atoms. The first-order chi connectivity index (χ1) is 16.9. The van der Waals surface area contributed by atoms with Gasteiger partial charge in [-0.05, 0) is 44.2 Å². The van der Waals surface area contributed by atoms with Gasteiger partial charge in [0.2, 0.25) is 5.91 Å². The van der Waals surface area contributed by atoms with Crippen LogP contribution < -0.4 is 20.9 Å². The minimum absolute atomic E-state index is 0.0353. The van der Waals surface area contributed by atoms with E-state index in [1.54, 1.807) is 20.0 Å². The lowest BCUT2D eigenvalue weighted by Gasteiger charge is -2.20. The molecule has 2 aromatic heterocycles. The number of carbonyl (C=O) groups excluding carboxylic acids is 1. The molecule has 3 aromatic rings. The smallest absolute Gasteiger partial charge is 0.416 e. The number of rotatable bonds is 6. The van der Waals surface area contributed by atoms with Crippen LogP contribution in [0.3, 0.4) is 0 Å². The third-order valence-electron chi connectivity index (χ3n) is 6.07. The molecule has 0 unspecified atom stereocenters. The molecule has 36 heavy (non-hydrogen) atoms. The summed E-state index contributed by atoms with van der Waals surface area (Å²) in [6, 6.07) is 4.31. The number of nitrogens with one attached hydrogen (secondary N) is 2. The van der Waals surface area contributed by atoms with Crippen molar-refractivity contribution in [2.45, 2.75) is 38.6 Å². The second-order valence-electron chi connectivity index (χ2n) is 9.01. The number of nitrogens with zero attached hydrogens (tertiary/aromatic N) is 4. The standard InChI is InChI=1S/C24H27F3N6O3/c1-13(15-7-16(24(25,26)27)9-17(8-15)31-14(2)34)30-21-19-10-20(36-18-5-6-32(3)11-18)23(35)33(4)22(19)29-12-28-21/h7-10,12-13,18H,5-6,11H2,1-4H3,(H,31,34)(H,28,29,30)/t13-,18-/m1/s1. The third kappa shape index (κ3) is 5.43. The number of ether oxygens (including phenoxy) is 1. The molecule has 9 nitrogen and oxygen atoms in total. The van der Waals surface area contributed by atoms with Gasteiger partial charge in [-0.15, -0.1) is 0 Å². The Kier molecular flexibility index (Phi) is 6.90. The highest BCUT2D eigenvalue weighted by Gasteiger charge is 2.32. The highest BCUT2D eigenvalue weighted by atomic mass is 19.4. The van der Waals surface area contributed by atoms with E-state index < -0.39 is 23.7 Å². The van der Waals surface area contributed by atoms with Crippen LogP contribution in [0.4, 0.5) is 24.7 Å². The summed E-state index contributed by atoms with van der Waals surface area (Å²) in [5, 5.41) is 6.03. The van der Waals surface area contributed by atoms with E-state index in [0.717, 1.165) is 25.1 Å². The molecule has 2 atom stereocenters. The summed E-state index contributed by atoms with van der Waals surface area (Å²) < 4.78 is 47.9. The number of pyridine rings is 1. The molecule has 2 N–H and O–H groups in total. The number of amides is 1. The maximum absolute atomic E-state index is 13.5. The summed E-state index contributed by atoms with van der Waals surface area (Å²) in [7, 11) is 3.55. The minimum atomic E-state index is -4.59. The minimum Gasteiger partial charge on any atom is -0.483 e. The van der Waals surface area contributed by atoms with Crippen LogP contribution in [0, 0.1) is 0 Å². The summed E-state index contributed by atoms with van der Waals surface area (Å²) in [5.74, 6) is 0.00220. The number of fused-ring (bicyclic) bond motifs is 1.